The van der Waals surface area contributed by atoms with Crippen molar-refractivity contribution in [3.63, 3.8) is 0 Å². The number of methoxy groups -OCH3 is 1. The van der Waals surface area contributed by atoms with E-state index in [9.17, 15) is 4.79 Å². The van der Waals surface area contributed by atoms with Crippen LogP contribution >= 0.6 is 0 Å². The monoisotopic (exact) mass is 206 g/mol. The van der Waals surface area contributed by atoms with Gasteiger partial charge in [0.1, 0.15) is 12.4 Å². The van der Waals surface area contributed by atoms with E-state index in [0.29, 0.717) is 5.56 Å². The maximum absolute atomic E-state index is 11.2. The van der Waals surface area contributed by atoms with Crippen molar-refractivity contribution < 1.29 is 67.4 Å². The minimum atomic E-state index is -0.131. The molecule has 0 aromatic heterocycles. The van der Waals surface area contributed by atoms with Crippen molar-refractivity contribution >= 4 is 5.78 Å². The molecule has 0 amide bonds. The molecular weight excluding hydrogens is 195 g/mol. The summed E-state index contributed by atoms with van der Waals surface area (Å²) in [6.07, 6.45) is 0. The topological polar surface area (TPSA) is 46.5 Å². The van der Waals surface area contributed by atoms with E-state index >= 15 is 0 Å². The number of carbonyl (C=O) groups excluding carboxylic acids is 1. The zero-order valence-corrected chi connectivity index (χ0v) is 10.9. The summed E-state index contributed by atoms with van der Waals surface area (Å²) < 4.78 is 4.67. The number of ether oxygens (including phenoxy) is 1. The number of benzene rings is 1. The van der Waals surface area contributed by atoms with Crippen LogP contribution in [0.5, 0.6) is 5.75 Å². The van der Waals surface area contributed by atoms with E-state index in [1.54, 1.807) is 12.1 Å². The van der Waals surface area contributed by atoms with Crippen LogP contribution in [0.1, 0.15) is 11.8 Å². The Morgan fingerprint density at radius 2 is 2.31 bits per heavy atom. The molecule has 1 N–H and O–H groups in total. The SMILES string of the molecule is COCC(=O)c1cccc(O)c1.[H-].[K+]. The number of carbonyl (C=O) groups is 1. The average Bonchev–Trinajstić information content (AvgIpc) is 2.05. The molecule has 0 atom stereocenters. The molecule has 0 saturated heterocycles. The number of aromatic hydroxyl groups is 1. The Bertz CT molecular complexity index is 291. The third-order valence-corrected chi connectivity index (χ3v) is 1.44. The first-order valence-electron chi connectivity index (χ1n) is 3.55. The van der Waals surface area contributed by atoms with Gasteiger partial charge < -0.3 is 11.3 Å². The summed E-state index contributed by atoms with van der Waals surface area (Å²) in [6.45, 7) is 0.0451. The molecule has 0 saturated carbocycles. The molecule has 3 nitrogen and oxygen atoms in total. The van der Waals surface area contributed by atoms with E-state index in [1.165, 1.54) is 19.2 Å². The van der Waals surface area contributed by atoms with Gasteiger partial charge in [-0.05, 0) is 12.1 Å². The number of rotatable bonds is 3. The second-order valence-electron chi connectivity index (χ2n) is 2.41. The van der Waals surface area contributed by atoms with E-state index < -0.39 is 0 Å². The summed E-state index contributed by atoms with van der Waals surface area (Å²) in [7, 11) is 1.46. The van der Waals surface area contributed by atoms with Gasteiger partial charge in [0.25, 0.3) is 0 Å². The Labute approximate surface area is 121 Å². The van der Waals surface area contributed by atoms with Crippen molar-refractivity contribution in [3.8, 4) is 5.75 Å². The Balaban J connectivity index is 0. The summed E-state index contributed by atoms with van der Waals surface area (Å²) in [5.41, 5.74) is 0.469. The van der Waals surface area contributed by atoms with Gasteiger partial charge in [-0.2, -0.15) is 0 Å². The maximum atomic E-state index is 11.2. The third kappa shape index (κ3) is 4.35. The molecule has 0 heterocycles. The van der Waals surface area contributed by atoms with Gasteiger partial charge in [0.05, 0.1) is 0 Å². The summed E-state index contributed by atoms with van der Waals surface area (Å²) in [5.74, 6) is -0.0367. The molecule has 1 rings (SSSR count). The summed E-state index contributed by atoms with van der Waals surface area (Å²) >= 11 is 0. The Morgan fingerprint density at radius 3 is 2.85 bits per heavy atom. The molecule has 0 fully saturated rings. The van der Waals surface area contributed by atoms with Crippen molar-refractivity contribution in [2.75, 3.05) is 13.7 Å². The molecule has 4 heteroatoms. The number of hydrogen-bond acceptors (Lipinski definition) is 3. The molecule has 1 aromatic rings. The number of Topliss-reactive ketones (excluding diaryl/α,β-unsaturated/α-hetero) is 1. The molecule has 0 spiro atoms. The molecule has 0 unspecified atom stereocenters. The van der Waals surface area contributed by atoms with Gasteiger partial charge in [0.2, 0.25) is 0 Å². The van der Waals surface area contributed by atoms with Crippen molar-refractivity contribution in [3.05, 3.63) is 29.8 Å². The fraction of sp³-hybridized carbons (Fsp3) is 0.222. The summed E-state index contributed by atoms with van der Waals surface area (Å²) in [4.78, 5) is 11.2. The van der Waals surface area contributed by atoms with E-state index in [4.69, 9.17) is 5.11 Å². The largest absolute Gasteiger partial charge is 1.00 e. The van der Waals surface area contributed by atoms with Gasteiger partial charge >= 0.3 is 51.4 Å². The summed E-state index contributed by atoms with van der Waals surface area (Å²) in [5, 5.41) is 9.04. The van der Waals surface area contributed by atoms with E-state index in [1.807, 2.05) is 0 Å². The molecule has 0 aliphatic rings. The van der Waals surface area contributed by atoms with Crippen LogP contribution in [-0.2, 0) is 4.74 Å². The van der Waals surface area contributed by atoms with Gasteiger partial charge in [0.15, 0.2) is 5.78 Å². The van der Waals surface area contributed by atoms with Crippen molar-refractivity contribution in [2.24, 2.45) is 0 Å². The molecule has 0 aliphatic heterocycles. The molecule has 0 aliphatic carbocycles. The Morgan fingerprint density at radius 1 is 1.62 bits per heavy atom. The standard InChI is InChI=1S/C9H10O3.K.H/c1-12-6-9(11)7-3-2-4-8(10)5-7;;/h2-5,10H,6H2,1H3;;/q;+1;-1. The Kier molecular flexibility index (Phi) is 6.85. The zero-order chi connectivity index (χ0) is 8.97. The van der Waals surface area contributed by atoms with Crippen LogP contribution in [0.15, 0.2) is 24.3 Å². The first-order valence-corrected chi connectivity index (χ1v) is 3.55. The van der Waals surface area contributed by atoms with Crippen LogP contribution in [-0.4, -0.2) is 24.6 Å². The molecule has 0 radical (unpaired) electrons. The quantitative estimate of drug-likeness (QED) is 0.475. The minimum absolute atomic E-state index is 0. The molecular formula is C9H11KO3. The fourth-order valence-electron chi connectivity index (χ4n) is 0.894. The predicted molar refractivity (Wildman–Crippen MR) is 45.4 cm³/mol. The van der Waals surface area contributed by atoms with Crippen molar-refractivity contribution in [1.82, 2.24) is 0 Å². The van der Waals surface area contributed by atoms with Crippen LogP contribution in [0.2, 0.25) is 0 Å². The number of ketones is 1. The Hall–Kier alpha value is 0.286. The second-order valence-corrected chi connectivity index (χ2v) is 2.41. The van der Waals surface area contributed by atoms with Crippen LogP contribution in [0.3, 0.4) is 0 Å². The molecule has 66 valence electrons. The van der Waals surface area contributed by atoms with Crippen LogP contribution in [0, 0.1) is 0 Å². The van der Waals surface area contributed by atoms with E-state index in [2.05, 4.69) is 4.74 Å². The van der Waals surface area contributed by atoms with Gasteiger partial charge in [-0.1, -0.05) is 12.1 Å². The van der Waals surface area contributed by atoms with Gasteiger partial charge in [-0.3, -0.25) is 4.79 Å². The maximum Gasteiger partial charge on any atom is 1.00 e. The van der Waals surface area contributed by atoms with Crippen molar-refractivity contribution in [1.29, 1.82) is 0 Å². The second kappa shape index (κ2) is 6.70. The fourth-order valence-corrected chi connectivity index (χ4v) is 0.894. The van der Waals surface area contributed by atoms with Crippen LogP contribution < -0.4 is 51.4 Å². The number of hydrogen-bond donors (Lipinski definition) is 1. The van der Waals surface area contributed by atoms with Crippen LogP contribution in [0.25, 0.3) is 0 Å². The molecule has 13 heavy (non-hydrogen) atoms. The summed E-state index contributed by atoms with van der Waals surface area (Å²) in [6, 6.07) is 6.20. The van der Waals surface area contributed by atoms with E-state index in [-0.39, 0.29) is 71.0 Å². The first-order chi connectivity index (χ1) is 5.74. The molecule has 1 aromatic carbocycles. The average molecular weight is 206 g/mol. The third-order valence-electron chi connectivity index (χ3n) is 1.44. The first kappa shape index (κ1) is 13.3. The zero-order valence-electron chi connectivity index (χ0n) is 8.78. The van der Waals surface area contributed by atoms with Crippen molar-refractivity contribution in [2.45, 2.75) is 0 Å². The van der Waals surface area contributed by atoms with E-state index in [0.717, 1.165) is 0 Å². The van der Waals surface area contributed by atoms with Gasteiger partial charge in [-0.25, -0.2) is 0 Å². The smallest absolute Gasteiger partial charge is 1.00 e. The molecule has 0 bridgehead atoms. The van der Waals surface area contributed by atoms with Crippen LogP contribution in [0.4, 0.5) is 0 Å². The van der Waals surface area contributed by atoms with Gasteiger partial charge in [0, 0.05) is 12.7 Å². The predicted octanol–water partition coefficient (Wildman–Crippen LogP) is -1.66. The number of phenols is 1. The minimum Gasteiger partial charge on any atom is -1.00 e. The number of phenolic OH excluding ortho intramolecular Hbond substituents is 1. The normalized spacial score (nSPS) is 9.00. The van der Waals surface area contributed by atoms with Gasteiger partial charge in [-0.15, -0.1) is 0 Å².